The number of fused-ring (bicyclic) bond motifs is 1. The van der Waals surface area contributed by atoms with Crippen molar-refractivity contribution in [2.45, 2.75) is 31.1 Å². The first-order valence-electron chi connectivity index (χ1n) is 10.3. The van der Waals surface area contributed by atoms with E-state index >= 15 is 0 Å². The minimum Gasteiger partial charge on any atom is -0.506 e. The number of carbonyl (C=O) groups is 1. The van der Waals surface area contributed by atoms with Crippen molar-refractivity contribution in [1.29, 1.82) is 0 Å². The molecule has 0 aromatic heterocycles. The molecule has 2 aliphatic rings. The van der Waals surface area contributed by atoms with Crippen LogP contribution >= 0.6 is 0 Å². The third-order valence-corrected chi connectivity index (χ3v) is 7.49. The van der Waals surface area contributed by atoms with E-state index in [1.165, 1.54) is 16.4 Å². The van der Waals surface area contributed by atoms with Crippen LogP contribution in [0.5, 0.6) is 17.2 Å². The van der Waals surface area contributed by atoms with Gasteiger partial charge in [-0.3, -0.25) is 4.79 Å². The van der Waals surface area contributed by atoms with Gasteiger partial charge in [0.1, 0.15) is 5.75 Å². The number of ether oxygens (including phenoxy) is 2. The molecule has 9 heteroatoms. The number of amides is 1. The van der Waals surface area contributed by atoms with Gasteiger partial charge >= 0.3 is 0 Å². The Hall–Kier alpha value is -2.78. The molecule has 0 aliphatic carbocycles. The Balaban J connectivity index is 1.41. The smallest absolute Gasteiger partial charge is 0.243 e. The summed E-state index contributed by atoms with van der Waals surface area (Å²) in [4.78, 5) is 12.8. The largest absolute Gasteiger partial charge is 0.506 e. The van der Waals surface area contributed by atoms with E-state index in [2.05, 4.69) is 5.32 Å². The highest BCUT2D eigenvalue weighted by molar-refractivity contribution is 7.89. The number of aryl methyl sites for hydroxylation is 1. The standard InChI is InChI=1S/C22H26N2O6S/c1-15-3-5-18(19(25)13-15)23-22(26)16-7-9-24(10-8-16)31(27,28)17-4-6-20-21(14-17)30-12-2-11-29-20/h3-6,13-14,16,25H,2,7-12H2,1H3,(H,23,26). The van der Waals surface area contributed by atoms with Gasteiger partial charge in [0.25, 0.3) is 0 Å². The summed E-state index contributed by atoms with van der Waals surface area (Å²) in [7, 11) is -3.70. The Kier molecular flexibility index (Phi) is 6.06. The van der Waals surface area contributed by atoms with Crippen molar-refractivity contribution < 1.29 is 27.8 Å². The lowest BCUT2D eigenvalue weighted by atomic mass is 9.97. The lowest BCUT2D eigenvalue weighted by molar-refractivity contribution is -0.120. The molecule has 1 amide bonds. The van der Waals surface area contributed by atoms with Crippen LogP contribution in [-0.4, -0.2) is 50.0 Å². The number of sulfonamides is 1. The van der Waals surface area contributed by atoms with Crippen molar-refractivity contribution >= 4 is 21.6 Å². The average Bonchev–Trinajstić information content (AvgIpc) is 3.00. The SMILES string of the molecule is Cc1ccc(NC(=O)C2CCN(S(=O)(=O)c3ccc4c(c3)OCCCO4)CC2)c(O)c1. The van der Waals surface area contributed by atoms with Crippen LogP contribution in [0.1, 0.15) is 24.8 Å². The predicted octanol–water partition coefficient (Wildman–Crippen LogP) is 2.90. The first-order chi connectivity index (χ1) is 14.8. The van der Waals surface area contributed by atoms with Crippen molar-refractivity contribution in [3.8, 4) is 17.2 Å². The van der Waals surface area contributed by atoms with Crippen LogP contribution in [0.4, 0.5) is 5.69 Å². The topological polar surface area (TPSA) is 105 Å². The average molecular weight is 447 g/mol. The van der Waals surface area contributed by atoms with Crippen molar-refractivity contribution in [2.24, 2.45) is 5.92 Å². The summed E-state index contributed by atoms with van der Waals surface area (Å²) in [6.07, 6.45) is 1.55. The van der Waals surface area contributed by atoms with Crippen molar-refractivity contribution in [1.82, 2.24) is 4.31 Å². The number of phenolic OH excluding ortho intramolecular Hbond substituents is 1. The minimum absolute atomic E-state index is 0.0165. The Bertz CT molecular complexity index is 1080. The molecule has 31 heavy (non-hydrogen) atoms. The van der Waals surface area contributed by atoms with E-state index in [-0.39, 0.29) is 35.6 Å². The first-order valence-corrected chi connectivity index (χ1v) is 11.8. The molecule has 2 aromatic rings. The highest BCUT2D eigenvalue weighted by Crippen LogP contribution is 2.34. The molecule has 2 N–H and O–H groups in total. The molecular formula is C22H26N2O6S. The molecule has 2 aromatic carbocycles. The summed E-state index contributed by atoms with van der Waals surface area (Å²) < 4.78 is 38.8. The van der Waals surface area contributed by atoms with Gasteiger partial charge in [-0.15, -0.1) is 0 Å². The highest BCUT2D eigenvalue weighted by atomic mass is 32.2. The number of rotatable bonds is 4. The monoisotopic (exact) mass is 446 g/mol. The Morgan fingerprint density at radius 1 is 1.06 bits per heavy atom. The Labute approximate surface area is 181 Å². The summed E-state index contributed by atoms with van der Waals surface area (Å²) in [6.45, 7) is 3.36. The summed E-state index contributed by atoms with van der Waals surface area (Å²) in [6, 6.07) is 9.71. The summed E-state index contributed by atoms with van der Waals surface area (Å²) in [5.41, 5.74) is 1.25. The molecule has 0 saturated carbocycles. The zero-order valence-electron chi connectivity index (χ0n) is 17.3. The molecule has 2 aliphatic heterocycles. The van der Waals surface area contributed by atoms with E-state index in [4.69, 9.17) is 9.47 Å². The quantitative estimate of drug-likeness (QED) is 0.700. The van der Waals surface area contributed by atoms with Gasteiger partial charge < -0.3 is 19.9 Å². The number of nitrogens with one attached hydrogen (secondary N) is 1. The van der Waals surface area contributed by atoms with Crippen LogP contribution in [0.25, 0.3) is 0 Å². The molecule has 0 spiro atoms. The van der Waals surface area contributed by atoms with Gasteiger partial charge in [-0.05, 0) is 49.6 Å². The second kappa shape index (κ2) is 8.76. The van der Waals surface area contributed by atoms with E-state index in [1.807, 2.05) is 6.92 Å². The lowest BCUT2D eigenvalue weighted by Crippen LogP contribution is -2.41. The lowest BCUT2D eigenvalue weighted by Gasteiger charge is -2.30. The Morgan fingerprint density at radius 3 is 2.48 bits per heavy atom. The van der Waals surface area contributed by atoms with Crippen LogP contribution in [0.2, 0.25) is 0 Å². The molecule has 4 rings (SSSR count). The molecule has 1 saturated heterocycles. The molecule has 0 radical (unpaired) electrons. The summed E-state index contributed by atoms with van der Waals surface area (Å²) in [5, 5.41) is 12.7. The van der Waals surface area contributed by atoms with Crippen LogP contribution in [0.15, 0.2) is 41.3 Å². The molecule has 0 bridgehead atoms. The molecule has 1 fully saturated rings. The fourth-order valence-corrected chi connectivity index (χ4v) is 5.28. The summed E-state index contributed by atoms with van der Waals surface area (Å²) in [5.74, 6) is 0.461. The maximum atomic E-state index is 13.1. The second-order valence-corrected chi connectivity index (χ2v) is 9.79. The van der Waals surface area contributed by atoms with Crippen LogP contribution in [0, 0.1) is 12.8 Å². The normalized spacial score (nSPS) is 17.7. The van der Waals surface area contributed by atoms with Crippen LogP contribution in [-0.2, 0) is 14.8 Å². The van der Waals surface area contributed by atoms with E-state index in [0.717, 1.165) is 12.0 Å². The van der Waals surface area contributed by atoms with E-state index in [1.54, 1.807) is 24.3 Å². The maximum absolute atomic E-state index is 13.1. The number of phenols is 1. The number of benzene rings is 2. The molecule has 0 atom stereocenters. The number of aromatic hydroxyl groups is 1. The molecule has 0 unspecified atom stereocenters. The molecule has 2 heterocycles. The Morgan fingerprint density at radius 2 is 1.77 bits per heavy atom. The van der Waals surface area contributed by atoms with Crippen LogP contribution in [0.3, 0.4) is 0 Å². The van der Waals surface area contributed by atoms with Gasteiger partial charge in [-0.2, -0.15) is 4.31 Å². The number of hydrogen-bond donors (Lipinski definition) is 2. The predicted molar refractivity (Wildman–Crippen MR) is 115 cm³/mol. The van der Waals surface area contributed by atoms with Gasteiger partial charge in [0.2, 0.25) is 15.9 Å². The maximum Gasteiger partial charge on any atom is 0.243 e. The zero-order chi connectivity index (χ0) is 22.0. The second-order valence-electron chi connectivity index (χ2n) is 7.85. The van der Waals surface area contributed by atoms with Gasteiger partial charge in [-0.25, -0.2) is 8.42 Å². The number of nitrogens with zero attached hydrogens (tertiary/aromatic N) is 1. The third-order valence-electron chi connectivity index (χ3n) is 5.59. The number of carbonyl (C=O) groups excluding carboxylic acids is 1. The fraction of sp³-hybridized carbons (Fsp3) is 0.409. The zero-order valence-corrected chi connectivity index (χ0v) is 18.2. The number of hydrogen-bond acceptors (Lipinski definition) is 6. The van der Waals surface area contributed by atoms with Crippen LogP contribution < -0.4 is 14.8 Å². The van der Waals surface area contributed by atoms with Crippen molar-refractivity contribution in [3.63, 3.8) is 0 Å². The highest BCUT2D eigenvalue weighted by Gasteiger charge is 2.33. The molecule has 166 valence electrons. The number of anilines is 1. The molecule has 8 nitrogen and oxygen atoms in total. The van der Waals surface area contributed by atoms with E-state index in [0.29, 0.717) is 43.2 Å². The molecular weight excluding hydrogens is 420 g/mol. The van der Waals surface area contributed by atoms with E-state index < -0.39 is 10.0 Å². The van der Waals surface area contributed by atoms with Gasteiger partial charge in [0.15, 0.2) is 11.5 Å². The minimum atomic E-state index is -3.70. The third kappa shape index (κ3) is 4.62. The first kappa shape index (κ1) is 21.5. The summed E-state index contributed by atoms with van der Waals surface area (Å²) >= 11 is 0. The van der Waals surface area contributed by atoms with Crippen molar-refractivity contribution in [2.75, 3.05) is 31.6 Å². The van der Waals surface area contributed by atoms with Crippen molar-refractivity contribution in [3.05, 3.63) is 42.0 Å². The van der Waals surface area contributed by atoms with E-state index in [9.17, 15) is 18.3 Å². The van der Waals surface area contributed by atoms with Gasteiger partial charge in [-0.1, -0.05) is 6.07 Å². The van der Waals surface area contributed by atoms with Gasteiger partial charge in [0.05, 0.1) is 23.8 Å². The fourth-order valence-electron chi connectivity index (χ4n) is 3.79. The van der Waals surface area contributed by atoms with Gasteiger partial charge in [0, 0.05) is 31.5 Å². The number of piperidine rings is 1.